The van der Waals surface area contributed by atoms with Crippen molar-refractivity contribution in [1.82, 2.24) is 9.55 Å². The first-order valence-corrected chi connectivity index (χ1v) is 7.72. The van der Waals surface area contributed by atoms with Gasteiger partial charge in [0.1, 0.15) is 11.3 Å². The molecule has 0 aliphatic rings. The first kappa shape index (κ1) is 14.2. The third-order valence-corrected chi connectivity index (χ3v) is 4.00. The highest BCUT2D eigenvalue weighted by Crippen LogP contribution is 2.22. The van der Waals surface area contributed by atoms with Crippen LogP contribution in [0.5, 0.6) is 0 Å². The predicted molar refractivity (Wildman–Crippen MR) is 96.8 cm³/mol. The molecule has 3 aromatic carbocycles. The molecule has 0 unspecified atom stereocenters. The van der Waals surface area contributed by atoms with Gasteiger partial charge in [0.15, 0.2) is 0 Å². The highest BCUT2D eigenvalue weighted by Gasteiger charge is 2.12. The Morgan fingerprint density at radius 1 is 0.792 bits per heavy atom. The highest BCUT2D eigenvalue weighted by molar-refractivity contribution is 5.80. The molecule has 0 spiro atoms. The lowest BCUT2D eigenvalue weighted by molar-refractivity contribution is 0.922. The van der Waals surface area contributed by atoms with Crippen LogP contribution in [0, 0.1) is 5.41 Å². The van der Waals surface area contributed by atoms with E-state index in [1.807, 2.05) is 83.4 Å². The minimum atomic E-state index is 0.407. The number of para-hydroxylation sites is 1. The molecule has 1 aromatic heterocycles. The SMILES string of the molecule is N=c1c2ccccc2nc(-c2ccccc2)n1-c1ccc(N)cc1. The summed E-state index contributed by atoms with van der Waals surface area (Å²) in [7, 11) is 0. The van der Waals surface area contributed by atoms with Gasteiger partial charge in [0.2, 0.25) is 0 Å². The number of anilines is 1. The number of rotatable bonds is 2. The first-order chi connectivity index (χ1) is 11.7. The number of fused-ring (bicyclic) bond motifs is 1. The molecule has 0 fully saturated rings. The Bertz CT molecular complexity index is 1060. The molecule has 4 nitrogen and oxygen atoms in total. The maximum atomic E-state index is 8.71. The summed E-state index contributed by atoms with van der Waals surface area (Å²) in [5.74, 6) is 0.740. The van der Waals surface area contributed by atoms with Crippen LogP contribution in [-0.4, -0.2) is 9.55 Å². The Morgan fingerprint density at radius 3 is 2.21 bits per heavy atom. The third-order valence-electron chi connectivity index (χ3n) is 4.00. The zero-order chi connectivity index (χ0) is 16.5. The van der Waals surface area contributed by atoms with Crippen molar-refractivity contribution in [2.45, 2.75) is 0 Å². The monoisotopic (exact) mass is 312 g/mol. The number of aromatic nitrogens is 2. The summed E-state index contributed by atoms with van der Waals surface area (Å²) in [6.07, 6.45) is 0. The van der Waals surface area contributed by atoms with E-state index in [0.717, 1.165) is 28.0 Å². The first-order valence-electron chi connectivity index (χ1n) is 7.72. The standard InChI is InChI=1S/C20H16N4/c21-15-10-12-16(13-11-15)24-19(22)17-8-4-5-9-18(17)23-20(24)14-6-2-1-3-7-14/h1-13,22H,21H2. The van der Waals surface area contributed by atoms with E-state index < -0.39 is 0 Å². The number of nitrogens with two attached hydrogens (primary N) is 1. The molecule has 0 amide bonds. The summed E-state index contributed by atoms with van der Waals surface area (Å²) in [4.78, 5) is 4.82. The molecule has 0 aliphatic carbocycles. The van der Waals surface area contributed by atoms with Gasteiger partial charge in [-0.2, -0.15) is 0 Å². The predicted octanol–water partition coefficient (Wildman–Crippen LogP) is 3.75. The Hall–Kier alpha value is -3.40. The summed E-state index contributed by atoms with van der Waals surface area (Å²) >= 11 is 0. The van der Waals surface area contributed by atoms with Gasteiger partial charge in [-0.3, -0.25) is 9.98 Å². The molecule has 3 N–H and O–H groups in total. The van der Waals surface area contributed by atoms with Gasteiger partial charge in [-0.15, -0.1) is 0 Å². The molecule has 4 rings (SSSR count). The summed E-state index contributed by atoms with van der Waals surface area (Å²) < 4.78 is 1.86. The lowest BCUT2D eigenvalue weighted by Crippen LogP contribution is -2.22. The molecular weight excluding hydrogens is 296 g/mol. The third kappa shape index (κ3) is 2.34. The molecule has 4 aromatic rings. The van der Waals surface area contributed by atoms with E-state index in [4.69, 9.17) is 16.1 Å². The number of hydrogen-bond donors (Lipinski definition) is 2. The molecular formula is C20H16N4. The van der Waals surface area contributed by atoms with E-state index in [9.17, 15) is 0 Å². The Balaban J connectivity index is 2.11. The van der Waals surface area contributed by atoms with Gasteiger partial charge >= 0.3 is 0 Å². The second kappa shape index (κ2) is 5.66. The largest absolute Gasteiger partial charge is 0.399 e. The maximum Gasteiger partial charge on any atom is 0.146 e. The average Bonchev–Trinajstić information content (AvgIpc) is 2.63. The van der Waals surface area contributed by atoms with Crippen molar-refractivity contribution < 1.29 is 0 Å². The lowest BCUT2D eigenvalue weighted by Gasteiger charge is -2.15. The van der Waals surface area contributed by atoms with Crippen molar-refractivity contribution in [2.24, 2.45) is 0 Å². The van der Waals surface area contributed by atoms with Crippen LogP contribution in [-0.2, 0) is 0 Å². The molecule has 0 radical (unpaired) electrons. The van der Waals surface area contributed by atoms with Gasteiger partial charge in [-0.05, 0) is 36.4 Å². The normalized spacial score (nSPS) is 10.8. The lowest BCUT2D eigenvalue weighted by atomic mass is 10.1. The summed E-state index contributed by atoms with van der Waals surface area (Å²) in [5.41, 5.74) is 9.56. The highest BCUT2D eigenvalue weighted by atomic mass is 15.1. The molecule has 116 valence electrons. The number of nitrogens with zero attached hydrogens (tertiary/aromatic N) is 2. The fourth-order valence-corrected chi connectivity index (χ4v) is 2.82. The van der Waals surface area contributed by atoms with Crippen molar-refractivity contribution in [3.63, 3.8) is 0 Å². The quantitative estimate of drug-likeness (QED) is 0.553. The molecule has 0 bridgehead atoms. The van der Waals surface area contributed by atoms with E-state index in [0.29, 0.717) is 11.2 Å². The van der Waals surface area contributed by atoms with E-state index in [2.05, 4.69) is 0 Å². The summed E-state index contributed by atoms with van der Waals surface area (Å²) in [5, 5.41) is 9.53. The van der Waals surface area contributed by atoms with Crippen molar-refractivity contribution in [2.75, 3.05) is 5.73 Å². The van der Waals surface area contributed by atoms with E-state index in [1.165, 1.54) is 0 Å². The smallest absolute Gasteiger partial charge is 0.146 e. The molecule has 0 saturated heterocycles. The summed E-state index contributed by atoms with van der Waals surface area (Å²) in [6, 6.07) is 25.2. The Kier molecular flexibility index (Phi) is 3.35. The van der Waals surface area contributed by atoms with Crippen molar-refractivity contribution in [3.8, 4) is 17.1 Å². The molecule has 0 saturated carbocycles. The molecule has 0 atom stereocenters. The number of hydrogen-bond acceptors (Lipinski definition) is 3. The van der Waals surface area contributed by atoms with Crippen LogP contribution in [0.3, 0.4) is 0 Å². The van der Waals surface area contributed by atoms with Crippen LogP contribution in [0.1, 0.15) is 0 Å². The van der Waals surface area contributed by atoms with Crippen LogP contribution in [0.4, 0.5) is 5.69 Å². The number of nitrogens with one attached hydrogen (secondary N) is 1. The number of nitrogen functional groups attached to an aromatic ring is 1. The molecule has 4 heteroatoms. The Labute approximate surface area is 139 Å². The zero-order valence-electron chi connectivity index (χ0n) is 13.0. The van der Waals surface area contributed by atoms with Crippen LogP contribution in [0.2, 0.25) is 0 Å². The fraction of sp³-hybridized carbons (Fsp3) is 0. The van der Waals surface area contributed by atoms with Gasteiger partial charge in [-0.1, -0.05) is 42.5 Å². The second-order valence-electron chi connectivity index (χ2n) is 5.59. The van der Waals surface area contributed by atoms with Gasteiger partial charge < -0.3 is 5.73 Å². The zero-order valence-corrected chi connectivity index (χ0v) is 13.0. The topological polar surface area (TPSA) is 67.7 Å². The Morgan fingerprint density at radius 2 is 1.46 bits per heavy atom. The van der Waals surface area contributed by atoms with Crippen LogP contribution >= 0.6 is 0 Å². The van der Waals surface area contributed by atoms with Crippen LogP contribution in [0.15, 0.2) is 78.9 Å². The van der Waals surface area contributed by atoms with Crippen LogP contribution < -0.4 is 11.2 Å². The van der Waals surface area contributed by atoms with Gasteiger partial charge in [0, 0.05) is 22.3 Å². The van der Waals surface area contributed by atoms with Gasteiger partial charge in [0.25, 0.3) is 0 Å². The van der Waals surface area contributed by atoms with Crippen molar-refractivity contribution in [3.05, 3.63) is 84.4 Å². The molecule has 24 heavy (non-hydrogen) atoms. The van der Waals surface area contributed by atoms with E-state index in [-0.39, 0.29) is 0 Å². The maximum absolute atomic E-state index is 8.71. The van der Waals surface area contributed by atoms with Gasteiger partial charge in [0.05, 0.1) is 5.52 Å². The van der Waals surface area contributed by atoms with Crippen molar-refractivity contribution in [1.29, 1.82) is 5.41 Å². The van der Waals surface area contributed by atoms with E-state index >= 15 is 0 Å². The second-order valence-corrected chi connectivity index (χ2v) is 5.59. The van der Waals surface area contributed by atoms with E-state index in [1.54, 1.807) is 0 Å². The summed E-state index contributed by atoms with van der Waals surface area (Å²) in [6.45, 7) is 0. The fourth-order valence-electron chi connectivity index (χ4n) is 2.82. The van der Waals surface area contributed by atoms with Gasteiger partial charge in [-0.25, -0.2) is 4.98 Å². The molecule has 1 heterocycles. The van der Waals surface area contributed by atoms with Crippen LogP contribution in [0.25, 0.3) is 28.0 Å². The minimum Gasteiger partial charge on any atom is -0.399 e. The number of benzene rings is 3. The molecule has 0 aliphatic heterocycles. The van der Waals surface area contributed by atoms with Crippen molar-refractivity contribution >= 4 is 16.6 Å². The average molecular weight is 312 g/mol. The minimum absolute atomic E-state index is 0.407.